The molecule has 24 N–H and O–H groups in total. The molecule has 0 unspecified atom stereocenters. The van der Waals surface area contributed by atoms with Crippen LogP contribution in [0.4, 0.5) is 0 Å². The molecule has 0 saturated carbocycles. The molecule has 13 radical (unpaired) electrons. The zero-order valence-electron chi connectivity index (χ0n) is 34.0. The summed E-state index contributed by atoms with van der Waals surface area (Å²) in [5, 5.41) is 162. The second-order valence-corrected chi connectivity index (χ2v) is 0. The summed E-state index contributed by atoms with van der Waals surface area (Å²) in [5.74, 6) is 0. The van der Waals surface area contributed by atoms with E-state index in [2.05, 4.69) is 171 Å². The van der Waals surface area contributed by atoms with Gasteiger partial charge in [0, 0.05) is 101 Å². The van der Waals surface area contributed by atoms with Crippen LogP contribution in [0.3, 0.4) is 0 Å². The summed E-state index contributed by atoms with van der Waals surface area (Å²) in [4.78, 5) is 0. The Morgan fingerprint density at radius 3 is 0.0952 bits per heavy atom. The van der Waals surface area contributed by atoms with Crippen LogP contribution in [0.15, 0.2) is 0 Å². The van der Waals surface area contributed by atoms with E-state index in [-0.39, 0.29) is 233 Å². The van der Waals surface area contributed by atoms with Gasteiger partial charge >= 0.3 is 117 Å². The Morgan fingerprint density at radius 2 is 0.0952 bits per heavy atom. The van der Waals surface area contributed by atoms with Gasteiger partial charge in [-0.15, -0.1) is 0 Å². The molecule has 37 heteroatoms. The molecule has 0 spiro atoms. The van der Waals surface area contributed by atoms with Gasteiger partial charge < -0.3 is 137 Å². The summed E-state index contributed by atoms with van der Waals surface area (Å²) < 4.78 is 0. The molecular formula is C26H78Co13O24-12. The minimum absolute atomic E-state index is 0. The Kier molecular flexibility index (Phi) is 53900. The zero-order chi connectivity index (χ0) is 48.0. The Bertz CT molecular complexity index is 96.2. The van der Waals surface area contributed by atoms with Crippen LogP contribution in [0.2, 0.25) is 0 Å². The number of aliphatic hydroxyl groups is 24. The van der Waals surface area contributed by atoms with Crippen molar-refractivity contribution in [1.82, 2.24) is 0 Å². The van der Waals surface area contributed by atoms with E-state index in [0.717, 1.165) is 0 Å². The van der Waals surface area contributed by atoms with Crippen LogP contribution >= 0.6 is 0 Å². The van der Waals surface area contributed by atoms with Crippen molar-refractivity contribution in [3.63, 3.8) is 0 Å². The van der Waals surface area contributed by atoms with Gasteiger partial charge in [0.25, 0.3) is 0 Å². The van der Waals surface area contributed by atoms with Crippen molar-refractivity contribution in [1.29, 1.82) is 0 Å². The monoisotopic (exact) mass is 1540 g/mol. The molecule has 0 amide bonds. The second-order valence-electron chi connectivity index (χ2n) is 0. The van der Waals surface area contributed by atoms with Crippen molar-refractivity contribution in [2.75, 3.05) is 0 Å². The predicted molar refractivity (Wildman–Crippen MR) is 188 cm³/mol. The molecule has 0 aliphatic heterocycles. The molecule has 0 aromatic carbocycles. The normalized spacial score (nSPS) is 2.29. The molecule has 0 heterocycles. The van der Waals surface area contributed by atoms with Crippen LogP contribution in [0.25, 0.3) is 0 Å². The fourth-order valence-electron chi connectivity index (χ4n) is 0. The zero-order valence-corrected chi connectivity index (χ0v) is 47.6. The molecule has 0 aromatic heterocycles. The molecule has 0 aliphatic carbocycles. The second kappa shape index (κ2) is 9490. The van der Waals surface area contributed by atoms with Crippen molar-refractivity contribution in [3.8, 4) is 0 Å². The summed E-state index contributed by atoms with van der Waals surface area (Å²) in [7, 11) is 54.0. The molecule has 0 fully saturated rings. The Labute approximate surface area is 520 Å². The van der Waals surface area contributed by atoms with Gasteiger partial charge in [-0.3, -0.25) is 0 Å². The maximum Gasteiger partial charge on any atom is 2.00 e. The van der Waals surface area contributed by atoms with Crippen molar-refractivity contribution < 1.29 is 341 Å². The predicted octanol–water partition coefficient (Wildman–Crippen LogP) is 4.48. The minimum atomic E-state index is 0. The first-order valence-electron chi connectivity index (χ1n) is 7.59. The SMILES string of the molecule is [CH2-]O.[CH2-]O.[CH2-]O.[CH2-]O.[CH2-]O.[CH2-]O.[CH2-]O.[CH2-]O.[CH2-]O.[CH2-]O.[CH2-]O.[CH2-]O.[CH2-]O.[CH2-]O.[CH2-]O.[CH2-]O.[CH2-]O.[CH2-]O.[CH2-]O.[CH2-]O.[CH2-]O.[CH2-]O.[CH2-]O.[CH2-]O.[CH3-].[CH3-].[Co+2].[Co+2].[Co+2].[Co+2].[Co+2].[Co+2].[Co+2].[Co].[Co].[Co].[Co].[Co].[Co]. The van der Waals surface area contributed by atoms with E-state index in [1.807, 2.05) is 0 Å². The third-order valence-corrected chi connectivity index (χ3v) is 0. The van der Waals surface area contributed by atoms with Gasteiger partial charge in [-0.25, -0.2) is 171 Å². The van der Waals surface area contributed by atoms with Crippen LogP contribution in [0.5, 0.6) is 0 Å². The van der Waals surface area contributed by atoms with E-state index in [1.165, 1.54) is 0 Å². The number of hydrogen-bond donors (Lipinski definition) is 24. The molecular weight excluding hydrogens is 1460 g/mol. The van der Waals surface area contributed by atoms with Gasteiger partial charge in [0.1, 0.15) is 0 Å². The van der Waals surface area contributed by atoms with E-state index in [1.54, 1.807) is 0 Å². The third kappa shape index (κ3) is 9210. The Hall–Kier alpha value is 5.62. The van der Waals surface area contributed by atoms with E-state index in [9.17, 15) is 0 Å². The van der Waals surface area contributed by atoms with E-state index in [4.69, 9.17) is 123 Å². The average molecular weight is 1540 g/mol. The summed E-state index contributed by atoms with van der Waals surface area (Å²) in [6.07, 6.45) is 0. The van der Waals surface area contributed by atoms with E-state index in [0.29, 0.717) is 0 Å². The topological polar surface area (TPSA) is 486 Å². The van der Waals surface area contributed by atoms with Crippen molar-refractivity contribution in [2.24, 2.45) is 0 Å². The molecule has 455 valence electrons. The third-order valence-electron chi connectivity index (χ3n) is 0. The number of rotatable bonds is 0. The summed E-state index contributed by atoms with van der Waals surface area (Å²) in [6.45, 7) is 0. The number of aliphatic hydroxyl groups excluding tert-OH is 24. The van der Waals surface area contributed by atoms with Crippen molar-refractivity contribution in [2.45, 2.75) is 0 Å². The molecule has 24 nitrogen and oxygen atoms in total. The summed E-state index contributed by atoms with van der Waals surface area (Å²) in [6, 6.07) is 0. The molecule has 0 atom stereocenters. The van der Waals surface area contributed by atoms with E-state index < -0.39 is 0 Å². The average Bonchev–Trinajstić information content (AvgIpc) is 3.34. The Balaban J connectivity index is -0.00000000255. The fourth-order valence-corrected chi connectivity index (χ4v) is 0. The van der Waals surface area contributed by atoms with Gasteiger partial charge in [0.2, 0.25) is 0 Å². The van der Waals surface area contributed by atoms with Crippen LogP contribution in [0, 0.1) is 185 Å². The molecule has 63 heavy (non-hydrogen) atoms. The van der Waals surface area contributed by atoms with Crippen LogP contribution in [0.1, 0.15) is 0 Å². The van der Waals surface area contributed by atoms with Gasteiger partial charge in [-0.05, 0) is 0 Å². The van der Waals surface area contributed by atoms with Crippen LogP contribution in [-0.4, -0.2) is 123 Å². The van der Waals surface area contributed by atoms with E-state index >= 15 is 0 Å². The largest absolute Gasteiger partial charge is 2.00 e. The van der Waals surface area contributed by atoms with Gasteiger partial charge in [-0.1, -0.05) is 0 Å². The quantitative estimate of drug-likeness (QED) is 0.149. The Morgan fingerprint density at radius 1 is 0.0952 bits per heavy atom. The molecule has 0 saturated heterocycles. The first kappa shape index (κ1) is 358. The molecule has 0 aromatic rings. The number of hydrogen-bond acceptors (Lipinski definition) is 24. The standard InChI is InChI=1S/24CH3O.2CH3.13Co/c24*1-2;;;;;;;;;;;;;;;/h24*2H,1H2;2*1H3;;;;;;;;;;;;;/q26*-1;;;;;;;7*+2. The van der Waals surface area contributed by atoms with Crippen molar-refractivity contribution in [3.05, 3.63) is 185 Å². The van der Waals surface area contributed by atoms with Crippen molar-refractivity contribution >= 4 is 0 Å². The maximum atomic E-state index is 6.75. The van der Waals surface area contributed by atoms with Gasteiger partial charge in [-0.2, -0.15) is 0 Å². The first-order valence-corrected chi connectivity index (χ1v) is 7.59. The van der Waals surface area contributed by atoms with Crippen LogP contribution < -0.4 is 0 Å². The smallest absolute Gasteiger partial charge is 0.569 e. The van der Waals surface area contributed by atoms with Gasteiger partial charge in [0.05, 0.1) is 0 Å². The summed E-state index contributed by atoms with van der Waals surface area (Å²) >= 11 is 0. The minimum Gasteiger partial charge on any atom is -0.569 e. The molecule has 0 aliphatic rings. The fraction of sp³-hybridized carbons (Fsp3) is 0. The summed E-state index contributed by atoms with van der Waals surface area (Å²) in [5.41, 5.74) is 0. The maximum absolute atomic E-state index is 6.75. The first-order chi connectivity index (χ1) is 24.0. The van der Waals surface area contributed by atoms with Gasteiger partial charge in [0.15, 0.2) is 0 Å². The molecule has 0 bridgehead atoms. The van der Waals surface area contributed by atoms with Crippen LogP contribution in [-0.2, 0) is 218 Å². The molecule has 0 rings (SSSR count).